The van der Waals surface area contributed by atoms with Crippen molar-refractivity contribution in [3.63, 3.8) is 0 Å². The van der Waals surface area contributed by atoms with Crippen LogP contribution >= 0.6 is 0 Å². The molecule has 0 spiro atoms. The van der Waals surface area contributed by atoms with Crippen LogP contribution in [0.3, 0.4) is 0 Å². The fourth-order valence-corrected chi connectivity index (χ4v) is 2.84. The van der Waals surface area contributed by atoms with Gasteiger partial charge in [0.15, 0.2) is 6.10 Å². The second kappa shape index (κ2) is 8.75. The van der Waals surface area contributed by atoms with Crippen LogP contribution in [0.15, 0.2) is 24.3 Å². The lowest BCUT2D eigenvalue weighted by atomic mass is 10.1. The zero-order valence-corrected chi connectivity index (χ0v) is 14.0. The number of nitrogens with zero attached hydrogens (tertiary/aromatic N) is 1. The predicted octanol–water partition coefficient (Wildman–Crippen LogP) is 1.09. The van der Waals surface area contributed by atoms with Gasteiger partial charge in [-0.1, -0.05) is 12.1 Å². The van der Waals surface area contributed by atoms with Crippen LogP contribution in [0.4, 0.5) is 4.39 Å². The summed E-state index contributed by atoms with van der Waals surface area (Å²) in [5.41, 5.74) is 0.959. The number of ether oxygens (including phenoxy) is 2. The van der Waals surface area contributed by atoms with Gasteiger partial charge in [-0.15, -0.1) is 0 Å². The molecular formula is C17H23FN2O4. The molecule has 1 aromatic rings. The summed E-state index contributed by atoms with van der Waals surface area (Å²) in [5.74, 6) is -0.934. The molecule has 1 aliphatic rings. The molecule has 1 amide bonds. The molecule has 0 aromatic heterocycles. The maximum atomic E-state index is 13.0. The third-order valence-electron chi connectivity index (χ3n) is 4.18. The molecule has 0 bridgehead atoms. The number of amides is 1. The molecule has 1 aliphatic heterocycles. The first-order valence-electron chi connectivity index (χ1n) is 7.92. The van der Waals surface area contributed by atoms with E-state index < -0.39 is 12.1 Å². The zero-order chi connectivity index (χ0) is 17.5. The molecule has 132 valence electrons. The van der Waals surface area contributed by atoms with E-state index in [2.05, 4.69) is 15.0 Å². The van der Waals surface area contributed by atoms with Crippen LogP contribution < -0.4 is 5.32 Å². The Morgan fingerprint density at radius 3 is 2.67 bits per heavy atom. The van der Waals surface area contributed by atoms with E-state index in [1.165, 1.54) is 26.4 Å². The third kappa shape index (κ3) is 4.75. The second-order valence-corrected chi connectivity index (χ2v) is 5.75. The predicted molar refractivity (Wildman–Crippen MR) is 85.7 cm³/mol. The Morgan fingerprint density at radius 2 is 2.04 bits per heavy atom. The van der Waals surface area contributed by atoms with Crippen LogP contribution in [0.2, 0.25) is 0 Å². The van der Waals surface area contributed by atoms with E-state index >= 15 is 0 Å². The van der Waals surface area contributed by atoms with Gasteiger partial charge in [0.05, 0.1) is 19.7 Å². The van der Waals surface area contributed by atoms with E-state index in [9.17, 15) is 14.0 Å². The standard InChI is InChI=1S/C17H23FN2O4/c1-23-15(17(22)24-2)10-19-16(21)14-4-3-9-20(14)11-12-5-7-13(18)8-6-12/h5-8,14-15H,3-4,9-11H2,1-2H3,(H,19,21)/t14-,15-/m0/s1. The minimum absolute atomic E-state index is 0.0723. The van der Waals surface area contributed by atoms with Gasteiger partial charge in [-0.05, 0) is 37.1 Å². The molecule has 0 saturated carbocycles. The molecule has 1 heterocycles. The molecule has 0 aliphatic carbocycles. The molecule has 6 nitrogen and oxygen atoms in total. The molecule has 0 radical (unpaired) electrons. The van der Waals surface area contributed by atoms with Gasteiger partial charge in [0.25, 0.3) is 0 Å². The monoisotopic (exact) mass is 338 g/mol. The minimum Gasteiger partial charge on any atom is -0.467 e. The number of nitrogens with one attached hydrogen (secondary N) is 1. The Bertz CT molecular complexity index is 564. The molecular weight excluding hydrogens is 315 g/mol. The maximum Gasteiger partial charge on any atom is 0.336 e. The van der Waals surface area contributed by atoms with Crippen molar-refractivity contribution in [2.75, 3.05) is 27.3 Å². The SMILES string of the molecule is COC(=O)[C@H](CNC(=O)[C@@H]1CCCN1Cc1ccc(F)cc1)OC. The van der Waals surface area contributed by atoms with Crippen molar-refractivity contribution < 1.29 is 23.5 Å². The highest BCUT2D eigenvalue weighted by Crippen LogP contribution is 2.20. The number of hydrogen-bond acceptors (Lipinski definition) is 5. The molecule has 1 saturated heterocycles. The van der Waals surface area contributed by atoms with Crippen LogP contribution in [0.1, 0.15) is 18.4 Å². The summed E-state index contributed by atoms with van der Waals surface area (Å²) < 4.78 is 22.6. The topological polar surface area (TPSA) is 67.9 Å². The average Bonchev–Trinajstić information content (AvgIpc) is 3.05. The molecule has 1 aromatic carbocycles. The van der Waals surface area contributed by atoms with Gasteiger partial charge in [-0.3, -0.25) is 9.69 Å². The van der Waals surface area contributed by atoms with Crippen molar-refractivity contribution in [2.45, 2.75) is 31.5 Å². The summed E-state index contributed by atoms with van der Waals surface area (Å²) in [4.78, 5) is 25.9. The average molecular weight is 338 g/mol. The van der Waals surface area contributed by atoms with Crippen molar-refractivity contribution in [1.82, 2.24) is 10.2 Å². The Labute approximate surface area is 140 Å². The molecule has 2 atom stereocenters. The summed E-state index contributed by atoms with van der Waals surface area (Å²) in [7, 11) is 2.67. The highest BCUT2D eigenvalue weighted by molar-refractivity contribution is 5.83. The Balaban J connectivity index is 1.90. The van der Waals surface area contributed by atoms with Crippen molar-refractivity contribution in [3.05, 3.63) is 35.6 Å². The summed E-state index contributed by atoms with van der Waals surface area (Å²) in [6.45, 7) is 1.46. The molecule has 2 rings (SSSR count). The zero-order valence-electron chi connectivity index (χ0n) is 14.0. The van der Waals surface area contributed by atoms with Gasteiger partial charge < -0.3 is 14.8 Å². The van der Waals surface area contributed by atoms with Gasteiger partial charge in [0.1, 0.15) is 5.82 Å². The van der Waals surface area contributed by atoms with Crippen molar-refractivity contribution in [2.24, 2.45) is 0 Å². The highest BCUT2D eigenvalue weighted by atomic mass is 19.1. The van der Waals surface area contributed by atoms with Gasteiger partial charge >= 0.3 is 5.97 Å². The maximum absolute atomic E-state index is 13.0. The molecule has 1 N–H and O–H groups in total. The smallest absolute Gasteiger partial charge is 0.336 e. The molecule has 7 heteroatoms. The summed E-state index contributed by atoms with van der Waals surface area (Å²) in [5, 5.41) is 2.75. The lowest BCUT2D eigenvalue weighted by Crippen LogP contribution is -2.46. The van der Waals surface area contributed by atoms with E-state index in [-0.39, 0.29) is 24.3 Å². The van der Waals surface area contributed by atoms with Gasteiger partial charge in [0, 0.05) is 13.7 Å². The van der Waals surface area contributed by atoms with Gasteiger partial charge in [0.2, 0.25) is 5.91 Å². The van der Waals surface area contributed by atoms with E-state index in [4.69, 9.17) is 4.74 Å². The fourth-order valence-electron chi connectivity index (χ4n) is 2.84. The largest absolute Gasteiger partial charge is 0.467 e. The van der Waals surface area contributed by atoms with Gasteiger partial charge in [-0.2, -0.15) is 0 Å². The number of halogens is 1. The first kappa shape index (κ1) is 18.4. The quantitative estimate of drug-likeness (QED) is 0.754. The third-order valence-corrected chi connectivity index (χ3v) is 4.18. The molecule has 1 fully saturated rings. The number of hydrogen-bond donors (Lipinski definition) is 1. The van der Waals surface area contributed by atoms with Crippen molar-refractivity contribution in [3.8, 4) is 0 Å². The number of benzene rings is 1. The van der Waals surface area contributed by atoms with E-state index in [0.29, 0.717) is 6.54 Å². The lowest BCUT2D eigenvalue weighted by molar-refractivity contribution is -0.152. The number of esters is 1. The summed E-state index contributed by atoms with van der Waals surface area (Å²) in [6.07, 6.45) is 0.860. The highest BCUT2D eigenvalue weighted by Gasteiger charge is 2.31. The normalized spacial score (nSPS) is 19.0. The first-order valence-corrected chi connectivity index (χ1v) is 7.92. The van der Waals surface area contributed by atoms with E-state index in [1.54, 1.807) is 12.1 Å². The van der Waals surface area contributed by atoms with Gasteiger partial charge in [-0.25, -0.2) is 9.18 Å². The van der Waals surface area contributed by atoms with Crippen LogP contribution in [-0.4, -0.2) is 56.2 Å². The Morgan fingerprint density at radius 1 is 1.33 bits per heavy atom. The first-order chi connectivity index (χ1) is 11.5. The molecule has 0 unspecified atom stereocenters. The molecule has 24 heavy (non-hydrogen) atoms. The Kier molecular flexibility index (Phi) is 6.69. The van der Waals surface area contributed by atoms with Crippen LogP contribution in [0.25, 0.3) is 0 Å². The van der Waals surface area contributed by atoms with Crippen LogP contribution in [-0.2, 0) is 25.6 Å². The number of carbonyl (C=O) groups excluding carboxylic acids is 2. The number of likely N-dealkylation sites (tertiary alicyclic amines) is 1. The van der Waals surface area contributed by atoms with Crippen LogP contribution in [0.5, 0.6) is 0 Å². The summed E-state index contributed by atoms with van der Waals surface area (Å²) >= 11 is 0. The number of rotatable bonds is 7. The number of carbonyl (C=O) groups is 2. The fraction of sp³-hybridized carbons (Fsp3) is 0.529. The lowest BCUT2D eigenvalue weighted by Gasteiger charge is -2.24. The Hall–Kier alpha value is -1.99. The summed E-state index contributed by atoms with van der Waals surface area (Å²) in [6, 6.07) is 6.02. The second-order valence-electron chi connectivity index (χ2n) is 5.75. The van der Waals surface area contributed by atoms with E-state index in [0.717, 1.165) is 24.9 Å². The minimum atomic E-state index is -0.814. The van der Waals surface area contributed by atoms with Crippen molar-refractivity contribution >= 4 is 11.9 Å². The van der Waals surface area contributed by atoms with Crippen molar-refractivity contribution in [1.29, 1.82) is 0 Å². The van der Waals surface area contributed by atoms with E-state index in [1.807, 2.05) is 0 Å². The number of methoxy groups -OCH3 is 2. The van der Waals surface area contributed by atoms with Crippen LogP contribution in [0, 0.1) is 5.82 Å².